The standard InChI is InChI=1S/C23H22ClFN2O6S/c1-31-9-3-8-27-22(29)19(34-23(27)30)12-14-10-17(24)21(18(11-14)32-2)33-13-20(28)26-16-6-4-15(25)5-7-16/h4-7,10-12H,3,8-9,13H2,1-2H3,(H,26,28)/b19-12+. The monoisotopic (exact) mass is 508 g/mol. The number of benzene rings is 2. The van der Waals surface area contributed by atoms with Crippen LogP contribution in [-0.2, 0) is 14.3 Å². The van der Waals surface area contributed by atoms with Crippen LogP contribution in [0.15, 0.2) is 41.3 Å². The maximum absolute atomic E-state index is 13.0. The van der Waals surface area contributed by atoms with Crippen molar-refractivity contribution in [2.45, 2.75) is 6.42 Å². The molecule has 2 aromatic rings. The number of nitrogens with zero attached hydrogens (tertiary/aromatic N) is 1. The smallest absolute Gasteiger partial charge is 0.293 e. The first-order valence-electron chi connectivity index (χ1n) is 10.1. The Morgan fingerprint density at radius 1 is 1.21 bits per heavy atom. The first kappa shape index (κ1) is 25.5. The minimum absolute atomic E-state index is 0.142. The number of imide groups is 1. The molecule has 3 rings (SSSR count). The van der Waals surface area contributed by atoms with Crippen LogP contribution >= 0.6 is 23.4 Å². The molecule has 1 fully saturated rings. The fourth-order valence-corrected chi connectivity index (χ4v) is 4.18. The third-order valence-corrected chi connectivity index (χ3v) is 5.82. The molecule has 0 atom stereocenters. The normalized spacial score (nSPS) is 14.6. The van der Waals surface area contributed by atoms with Gasteiger partial charge >= 0.3 is 0 Å². The Morgan fingerprint density at radius 2 is 1.94 bits per heavy atom. The summed E-state index contributed by atoms with van der Waals surface area (Å²) < 4.78 is 28.8. The Kier molecular flexibility index (Phi) is 8.91. The molecule has 0 bridgehead atoms. The van der Waals surface area contributed by atoms with Crippen LogP contribution in [0.25, 0.3) is 6.08 Å². The molecule has 11 heteroatoms. The zero-order valence-corrected chi connectivity index (χ0v) is 20.0. The van der Waals surface area contributed by atoms with Gasteiger partial charge in [0.15, 0.2) is 18.1 Å². The van der Waals surface area contributed by atoms with Crippen molar-refractivity contribution in [2.75, 3.05) is 39.3 Å². The molecular weight excluding hydrogens is 487 g/mol. The first-order chi connectivity index (χ1) is 16.3. The summed E-state index contributed by atoms with van der Waals surface area (Å²) in [6, 6.07) is 8.42. The third kappa shape index (κ3) is 6.49. The van der Waals surface area contributed by atoms with Gasteiger partial charge in [-0.3, -0.25) is 19.3 Å². The second-order valence-electron chi connectivity index (χ2n) is 7.06. The zero-order chi connectivity index (χ0) is 24.7. The van der Waals surface area contributed by atoms with E-state index in [9.17, 15) is 18.8 Å². The Morgan fingerprint density at radius 3 is 2.62 bits per heavy atom. The summed E-state index contributed by atoms with van der Waals surface area (Å²) in [5.74, 6) is -0.896. The van der Waals surface area contributed by atoms with E-state index in [1.165, 1.54) is 42.3 Å². The van der Waals surface area contributed by atoms with Crippen LogP contribution in [0, 0.1) is 5.82 Å². The van der Waals surface area contributed by atoms with Crippen molar-refractivity contribution in [1.82, 2.24) is 4.90 Å². The van der Waals surface area contributed by atoms with Gasteiger partial charge in [0.1, 0.15) is 5.82 Å². The number of carbonyl (C=O) groups excluding carboxylic acids is 3. The van der Waals surface area contributed by atoms with E-state index in [2.05, 4.69) is 5.32 Å². The average molecular weight is 509 g/mol. The van der Waals surface area contributed by atoms with Crippen LogP contribution in [0.1, 0.15) is 12.0 Å². The molecule has 1 aliphatic heterocycles. The van der Waals surface area contributed by atoms with E-state index in [0.29, 0.717) is 24.3 Å². The molecule has 0 aliphatic carbocycles. The maximum Gasteiger partial charge on any atom is 0.293 e. The number of rotatable bonds is 10. The minimum atomic E-state index is -0.476. The summed E-state index contributed by atoms with van der Waals surface area (Å²) in [6.45, 7) is 0.344. The number of anilines is 1. The van der Waals surface area contributed by atoms with E-state index in [0.717, 1.165) is 11.8 Å². The Bertz CT molecular complexity index is 1110. The van der Waals surface area contributed by atoms with Gasteiger partial charge < -0.3 is 19.5 Å². The van der Waals surface area contributed by atoms with Crippen LogP contribution in [0.4, 0.5) is 14.9 Å². The van der Waals surface area contributed by atoms with Crippen molar-refractivity contribution in [3.8, 4) is 11.5 Å². The van der Waals surface area contributed by atoms with E-state index in [4.69, 9.17) is 25.8 Å². The van der Waals surface area contributed by atoms with Gasteiger partial charge in [-0.25, -0.2) is 4.39 Å². The lowest BCUT2D eigenvalue weighted by atomic mass is 10.1. The number of halogens is 2. The van der Waals surface area contributed by atoms with Crippen molar-refractivity contribution < 1.29 is 33.0 Å². The number of thioether (sulfide) groups is 1. The summed E-state index contributed by atoms with van der Waals surface area (Å²) in [4.78, 5) is 38.4. The van der Waals surface area contributed by atoms with Gasteiger partial charge in [-0.05, 0) is 66.2 Å². The number of amides is 3. The molecule has 3 amide bonds. The summed E-state index contributed by atoms with van der Waals surface area (Å²) >= 11 is 7.19. The average Bonchev–Trinajstić information content (AvgIpc) is 3.07. The molecular formula is C23H22ClFN2O6S. The number of hydrogen-bond acceptors (Lipinski definition) is 7. The molecule has 0 aromatic heterocycles. The van der Waals surface area contributed by atoms with Crippen LogP contribution < -0.4 is 14.8 Å². The number of carbonyl (C=O) groups is 3. The molecule has 0 radical (unpaired) electrons. The minimum Gasteiger partial charge on any atom is -0.493 e. The predicted octanol–water partition coefficient (Wildman–Crippen LogP) is 4.58. The number of ether oxygens (including phenoxy) is 3. The molecule has 1 aliphatic rings. The van der Waals surface area contributed by atoms with E-state index in [1.54, 1.807) is 19.3 Å². The molecule has 1 heterocycles. The van der Waals surface area contributed by atoms with E-state index < -0.39 is 11.7 Å². The molecule has 2 aromatic carbocycles. The largest absolute Gasteiger partial charge is 0.493 e. The number of nitrogens with one attached hydrogen (secondary N) is 1. The molecule has 34 heavy (non-hydrogen) atoms. The molecule has 0 spiro atoms. The SMILES string of the molecule is COCCCN1C(=O)S/C(=C/c2cc(Cl)c(OCC(=O)Nc3ccc(F)cc3)c(OC)c2)C1=O. The van der Waals surface area contributed by atoms with Crippen LogP contribution in [-0.4, -0.2) is 55.9 Å². The summed E-state index contributed by atoms with van der Waals surface area (Å²) in [7, 11) is 2.96. The van der Waals surface area contributed by atoms with E-state index in [1.807, 2.05) is 0 Å². The summed E-state index contributed by atoms with van der Waals surface area (Å²) in [5.41, 5.74) is 0.937. The van der Waals surface area contributed by atoms with Crippen molar-refractivity contribution in [2.24, 2.45) is 0 Å². The van der Waals surface area contributed by atoms with Gasteiger partial charge in [0, 0.05) is 25.9 Å². The van der Waals surface area contributed by atoms with Gasteiger partial charge in [-0.15, -0.1) is 0 Å². The quantitative estimate of drug-likeness (QED) is 0.371. The van der Waals surface area contributed by atoms with Crippen molar-refractivity contribution in [3.05, 3.63) is 57.7 Å². The van der Waals surface area contributed by atoms with E-state index in [-0.39, 0.29) is 45.7 Å². The van der Waals surface area contributed by atoms with Gasteiger partial charge in [-0.1, -0.05) is 11.6 Å². The molecule has 0 unspecified atom stereocenters. The second kappa shape index (κ2) is 11.9. The van der Waals surface area contributed by atoms with Crippen molar-refractivity contribution >= 4 is 52.2 Å². The molecule has 1 N–H and O–H groups in total. The number of hydrogen-bond donors (Lipinski definition) is 1. The molecule has 8 nitrogen and oxygen atoms in total. The lowest BCUT2D eigenvalue weighted by Gasteiger charge is -2.14. The fraction of sp³-hybridized carbons (Fsp3) is 0.261. The highest BCUT2D eigenvalue weighted by molar-refractivity contribution is 8.18. The molecule has 1 saturated heterocycles. The van der Waals surface area contributed by atoms with Crippen molar-refractivity contribution in [1.29, 1.82) is 0 Å². The van der Waals surface area contributed by atoms with Crippen LogP contribution in [0.5, 0.6) is 11.5 Å². The third-order valence-electron chi connectivity index (χ3n) is 4.63. The highest BCUT2D eigenvalue weighted by atomic mass is 35.5. The first-order valence-corrected chi connectivity index (χ1v) is 11.3. The Labute approximate surface area is 205 Å². The lowest BCUT2D eigenvalue weighted by molar-refractivity contribution is -0.123. The van der Waals surface area contributed by atoms with Crippen LogP contribution in [0.3, 0.4) is 0 Å². The lowest BCUT2D eigenvalue weighted by Crippen LogP contribution is -2.29. The summed E-state index contributed by atoms with van der Waals surface area (Å²) in [6.07, 6.45) is 2.09. The zero-order valence-electron chi connectivity index (χ0n) is 18.4. The topological polar surface area (TPSA) is 94.2 Å². The van der Waals surface area contributed by atoms with Gasteiger partial charge in [-0.2, -0.15) is 0 Å². The highest BCUT2D eigenvalue weighted by Gasteiger charge is 2.34. The van der Waals surface area contributed by atoms with Crippen molar-refractivity contribution in [3.63, 3.8) is 0 Å². The van der Waals surface area contributed by atoms with Gasteiger partial charge in [0.2, 0.25) is 0 Å². The number of methoxy groups -OCH3 is 2. The maximum atomic E-state index is 13.0. The van der Waals surface area contributed by atoms with E-state index >= 15 is 0 Å². The second-order valence-corrected chi connectivity index (χ2v) is 8.46. The van der Waals surface area contributed by atoms with Gasteiger partial charge in [0.25, 0.3) is 17.1 Å². The van der Waals surface area contributed by atoms with Crippen LogP contribution in [0.2, 0.25) is 5.02 Å². The molecule has 180 valence electrons. The van der Waals surface area contributed by atoms with Gasteiger partial charge in [0.05, 0.1) is 17.0 Å². The Balaban J connectivity index is 1.69. The highest BCUT2D eigenvalue weighted by Crippen LogP contribution is 2.39. The Hall–Kier alpha value is -3.08. The molecule has 0 saturated carbocycles. The summed E-state index contributed by atoms with van der Waals surface area (Å²) in [5, 5.41) is 2.38. The fourth-order valence-electron chi connectivity index (χ4n) is 3.04. The predicted molar refractivity (Wildman–Crippen MR) is 128 cm³/mol.